The fraction of sp³-hybridized carbons (Fsp3) is 0.182. The van der Waals surface area contributed by atoms with Gasteiger partial charge < -0.3 is 0 Å². The van der Waals surface area contributed by atoms with Gasteiger partial charge in [-0.15, -0.1) is 0 Å². The van der Waals surface area contributed by atoms with Crippen molar-refractivity contribution < 1.29 is 14.4 Å². The molecule has 1 heterocycles. The Bertz CT molecular complexity index is 442. The minimum Gasteiger partial charge on any atom is -0.293 e. The van der Waals surface area contributed by atoms with Gasteiger partial charge in [0.15, 0.2) is 5.78 Å². The molecule has 2 amide bonds. The Morgan fingerprint density at radius 3 is 2.50 bits per heavy atom. The van der Waals surface area contributed by atoms with Gasteiger partial charge in [-0.05, 0) is 0 Å². The van der Waals surface area contributed by atoms with Gasteiger partial charge in [0.05, 0.1) is 0 Å². The van der Waals surface area contributed by atoms with Crippen LogP contribution in [0, 0.1) is 5.92 Å². The van der Waals surface area contributed by atoms with Crippen LogP contribution in [0.15, 0.2) is 30.3 Å². The fourth-order valence-corrected chi connectivity index (χ4v) is 1.56. The van der Waals surface area contributed by atoms with Crippen molar-refractivity contribution in [2.24, 2.45) is 5.92 Å². The Labute approximate surface area is 91.8 Å². The number of hydrazine groups is 1. The van der Waals surface area contributed by atoms with E-state index in [1.165, 1.54) is 0 Å². The minimum absolute atomic E-state index is 0.0977. The van der Waals surface area contributed by atoms with E-state index in [4.69, 9.17) is 0 Å². The molecular formula is C11H10N2O3. The maximum Gasteiger partial charge on any atom is 0.249 e. The minimum atomic E-state index is -0.920. The summed E-state index contributed by atoms with van der Waals surface area (Å²) in [6.45, 7) is 0. The first-order valence-corrected chi connectivity index (χ1v) is 4.86. The van der Waals surface area contributed by atoms with Crippen molar-refractivity contribution in [2.75, 3.05) is 0 Å². The molecule has 1 aromatic rings. The molecule has 1 saturated heterocycles. The van der Waals surface area contributed by atoms with Crippen molar-refractivity contribution >= 4 is 17.6 Å². The van der Waals surface area contributed by atoms with E-state index in [1.54, 1.807) is 30.3 Å². The number of hydrogen-bond acceptors (Lipinski definition) is 3. The van der Waals surface area contributed by atoms with Crippen molar-refractivity contribution in [1.82, 2.24) is 10.9 Å². The van der Waals surface area contributed by atoms with Gasteiger partial charge in [0.1, 0.15) is 5.92 Å². The monoisotopic (exact) mass is 218 g/mol. The molecule has 1 fully saturated rings. The van der Waals surface area contributed by atoms with E-state index >= 15 is 0 Å². The predicted molar refractivity (Wildman–Crippen MR) is 55.2 cm³/mol. The predicted octanol–water partition coefficient (Wildman–Crippen LogP) is 0.0366. The van der Waals surface area contributed by atoms with E-state index in [-0.39, 0.29) is 18.1 Å². The molecule has 1 unspecified atom stereocenters. The Balaban J connectivity index is 2.21. The van der Waals surface area contributed by atoms with Gasteiger partial charge in [-0.2, -0.15) is 0 Å². The van der Waals surface area contributed by atoms with E-state index in [0.29, 0.717) is 5.56 Å². The third-order valence-corrected chi connectivity index (χ3v) is 2.41. The number of Topliss-reactive ketones (excluding diaryl/α,β-unsaturated/α-hetero) is 1. The van der Waals surface area contributed by atoms with Crippen LogP contribution < -0.4 is 10.9 Å². The Morgan fingerprint density at radius 1 is 1.12 bits per heavy atom. The van der Waals surface area contributed by atoms with Crippen molar-refractivity contribution in [3.63, 3.8) is 0 Å². The van der Waals surface area contributed by atoms with Gasteiger partial charge in [0.25, 0.3) is 0 Å². The largest absolute Gasteiger partial charge is 0.293 e. The molecule has 1 aliphatic rings. The molecule has 0 aromatic heterocycles. The molecule has 5 heteroatoms. The third-order valence-electron chi connectivity index (χ3n) is 2.41. The summed E-state index contributed by atoms with van der Waals surface area (Å²) in [6, 6.07) is 8.47. The Kier molecular flexibility index (Phi) is 2.68. The number of benzene rings is 1. The number of amides is 2. The summed E-state index contributed by atoms with van der Waals surface area (Å²) in [4.78, 5) is 34.4. The maximum absolute atomic E-state index is 11.9. The van der Waals surface area contributed by atoms with Gasteiger partial charge in [0, 0.05) is 12.0 Å². The second-order valence-corrected chi connectivity index (χ2v) is 3.52. The molecule has 0 spiro atoms. The zero-order valence-corrected chi connectivity index (χ0v) is 8.40. The van der Waals surface area contributed by atoms with Crippen LogP contribution in [0.4, 0.5) is 0 Å². The van der Waals surface area contributed by atoms with Gasteiger partial charge in [0.2, 0.25) is 11.8 Å². The third kappa shape index (κ3) is 1.93. The zero-order chi connectivity index (χ0) is 11.5. The molecule has 1 atom stereocenters. The van der Waals surface area contributed by atoms with Crippen molar-refractivity contribution in [1.29, 1.82) is 0 Å². The SMILES string of the molecule is O=C1CC(C(=O)c2ccccc2)C(=O)NN1. The van der Waals surface area contributed by atoms with Crippen LogP contribution in [0.2, 0.25) is 0 Å². The smallest absolute Gasteiger partial charge is 0.249 e. The Morgan fingerprint density at radius 2 is 1.81 bits per heavy atom. The van der Waals surface area contributed by atoms with Crippen LogP contribution >= 0.6 is 0 Å². The first-order chi connectivity index (χ1) is 7.68. The van der Waals surface area contributed by atoms with Crippen LogP contribution in [-0.2, 0) is 9.59 Å². The number of carbonyl (C=O) groups is 3. The van der Waals surface area contributed by atoms with E-state index in [2.05, 4.69) is 10.9 Å². The standard InChI is InChI=1S/C11H10N2O3/c14-9-6-8(11(16)13-12-9)10(15)7-4-2-1-3-5-7/h1-5,8H,6H2,(H,12,14)(H,13,16). The molecule has 16 heavy (non-hydrogen) atoms. The molecule has 5 nitrogen and oxygen atoms in total. The average Bonchev–Trinajstić information content (AvgIpc) is 2.32. The fourth-order valence-electron chi connectivity index (χ4n) is 1.56. The molecule has 0 radical (unpaired) electrons. The normalized spacial score (nSPS) is 19.9. The number of carbonyl (C=O) groups excluding carboxylic acids is 3. The topological polar surface area (TPSA) is 75.3 Å². The number of hydrogen-bond donors (Lipinski definition) is 2. The molecule has 2 rings (SSSR count). The summed E-state index contributed by atoms with van der Waals surface area (Å²) in [5.74, 6) is -2.06. The van der Waals surface area contributed by atoms with E-state index < -0.39 is 11.8 Å². The van der Waals surface area contributed by atoms with Gasteiger partial charge in [-0.3, -0.25) is 25.2 Å². The highest BCUT2D eigenvalue weighted by Gasteiger charge is 2.33. The zero-order valence-electron chi connectivity index (χ0n) is 8.40. The van der Waals surface area contributed by atoms with Crippen molar-refractivity contribution in [3.05, 3.63) is 35.9 Å². The lowest BCUT2D eigenvalue weighted by molar-refractivity contribution is -0.136. The number of rotatable bonds is 2. The van der Waals surface area contributed by atoms with E-state index in [0.717, 1.165) is 0 Å². The lowest BCUT2D eigenvalue weighted by Crippen LogP contribution is -2.53. The molecule has 2 N–H and O–H groups in total. The van der Waals surface area contributed by atoms with Gasteiger partial charge >= 0.3 is 0 Å². The van der Waals surface area contributed by atoms with Crippen molar-refractivity contribution in [3.8, 4) is 0 Å². The van der Waals surface area contributed by atoms with Gasteiger partial charge in [-0.25, -0.2) is 0 Å². The number of nitrogens with one attached hydrogen (secondary N) is 2. The highest BCUT2D eigenvalue weighted by Crippen LogP contribution is 2.14. The molecule has 1 aliphatic heterocycles. The summed E-state index contributed by atoms with van der Waals surface area (Å²) in [5.41, 5.74) is 4.79. The molecule has 0 bridgehead atoms. The Hall–Kier alpha value is -2.17. The van der Waals surface area contributed by atoms with Crippen molar-refractivity contribution in [2.45, 2.75) is 6.42 Å². The molecule has 1 aromatic carbocycles. The molecule has 0 saturated carbocycles. The first-order valence-electron chi connectivity index (χ1n) is 4.86. The lowest BCUT2D eigenvalue weighted by Gasteiger charge is -2.20. The highest BCUT2D eigenvalue weighted by atomic mass is 16.2. The summed E-state index contributed by atoms with van der Waals surface area (Å²) < 4.78 is 0. The first kappa shape index (κ1) is 10.4. The highest BCUT2D eigenvalue weighted by molar-refractivity contribution is 6.13. The maximum atomic E-state index is 11.9. The lowest BCUT2D eigenvalue weighted by atomic mass is 9.93. The second-order valence-electron chi connectivity index (χ2n) is 3.52. The van der Waals surface area contributed by atoms with E-state index in [1.807, 2.05) is 0 Å². The van der Waals surface area contributed by atoms with Crippen LogP contribution in [0.1, 0.15) is 16.8 Å². The summed E-state index contributed by atoms with van der Waals surface area (Å²) in [6.07, 6.45) is -0.0977. The molecular weight excluding hydrogens is 208 g/mol. The molecule has 82 valence electrons. The second kappa shape index (κ2) is 4.14. The van der Waals surface area contributed by atoms with Crippen LogP contribution in [0.3, 0.4) is 0 Å². The van der Waals surface area contributed by atoms with Gasteiger partial charge in [-0.1, -0.05) is 30.3 Å². The molecule has 0 aliphatic carbocycles. The van der Waals surface area contributed by atoms with E-state index in [9.17, 15) is 14.4 Å². The summed E-state index contributed by atoms with van der Waals surface area (Å²) in [5, 5.41) is 0. The quantitative estimate of drug-likeness (QED) is 0.543. The van der Waals surface area contributed by atoms with Crippen LogP contribution in [0.5, 0.6) is 0 Å². The summed E-state index contributed by atoms with van der Waals surface area (Å²) in [7, 11) is 0. The summed E-state index contributed by atoms with van der Waals surface area (Å²) >= 11 is 0. The number of ketones is 1. The average molecular weight is 218 g/mol. The van der Waals surface area contributed by atoms with Crippen LogP contribution in [0.25, 0.3) is 0 Å². The van der Waals surface area contributed by atoms with Crippen LogP contribution in [-0.4, -0.2) is 17.6 Å².